The molecule has 1 aliphatic heterocycles. The van der Waals surface area contributed by atoms with E-state index in [9.17, 15) is 10.4 Å². The minimum atomic E-state index is -0.172. The molecule has 0 saturated heterocycles. The van der Waals surface area contributed by atoms with Crippen molar-refractivity contribution in [1.29, 1.82) is 0 Å². The largest absolute Gasteiger partial charge is 0.633 e. The predicted octanol–water partition coefficient (Wildman–Crippen LogP) is 0.489. The number of nitrogens with zero attached hydrogens (tertiary/aromatic N) is 1. The number of rotatable bonds is 0. The summed E-state index contributed by atoms with van der Waals surface area (Å²) in [5.74, 6) is 0. The van der Waals surface area contributed by atoms with Gasteiger partial charge >= 0.3 is 0 Å². The van der Waals surface area contributed by atoms with Crippen LogP contribution in [-0.4, -0.2) is 22.5 Å². The van der Waals surface area contributed by atoms with E-state index < -0.39 is 0 Å². The molecule has 3 aliphatic rings. The molecule has 16 heavy (non-hydrogen) atoms. The van der Waals surface area contributed by atoms with Gasteiger partial charge in [-0.25, -0.2) is 0 Å². The first kappa shape index (κ1) is 10.1. The van der Waals surface area contributed by atoms with Crippen molar-refractivity contribution < 1.29 is 9.80 Å². The van der Waals surface area contributed by atoms with Crippen molar-refractivity contribution in [3.05, 3.63) is 34.3 Å². The van der Waals surface area contributed by atoms with E-state index in [1.807, 2.05) is 12.2 Å². The van der Waals surface area contributed by atoms with Gasteiger partial charge in [0, 0.05) is 25.3 Å². The molecule has 1 fully saturated rings. The maximum Gasteiger partial charge on any atom is 0.251 e. The lowest BCUT2D eigenvalue weighted by atomic mass is 9.88. The lowest BCUT2D eigenvalue weighted by Gasteiger charge is -2.42. The molecule has 3 atom stereocenters. The Hall–Kier alpha value is -1.13. The summed E-state index contributed by atoms with van der Waals surface area (Å²) in [6.45, 7) is 0. The molecule has 3 unspecified atom stereocenters. The number of nitrogens with one attached hydrogen (secondary N) is 1. The van der Waals surface area contributed by atoms with Crippen molar-refractivity contribution in [3.8, 4) is 0 Å². The van der Waals surface area contributed by atoms with Crippen LogP contribution in [0.15, 0.2) is 23.9 Å². The number of hydrogen-bond donors (Lipinski definition) is 1. The Balaban J connectivity index is 2.06. The topological polar surface area (TPSA) is 53.6 Å². The molecule has 0 bridgehead atoms. The van der Waals surface area contributed by atoms with E-state index in [-0.39, 0.29) is 17.1 Å². The number of fused-ring (bicyclic) bond motifs is 2. The van der Waals surface area contributed by atoms with Crippen LogP contribution in [0, 0.1) is 10.4 Å². The Labute approximate surface area is 94.7 Å². The first-order valence-electron chi connectivity index (χ1n) is 6.02. The van der Waals surface area contributed by atoms with Crippen LogP contribution in [0.4, 0.5) is 0 Å². The lowest BCUT2D eigenvalue weighted by Crippen LogP contribution is -3.17. The molecule has 0 aromatic heterocycles. The van der Waals surface area contributed by atoms with Gasteiger partial charge in [0.2, 0.25) is 5.71 Å². The minimum Gasteiger partial charge on any atom is -0.633 e. The first-order valence-corrected chi connectivity index (χ1v) is 6.02. The molecule has 4 heteroatoms. The molecule has 86 valence electrons. The zero-order valence-electron chi connectivity index (χ0n) is 9.19. The summed E-state index contributed by atoms with van der Waals surface area (Å²) in [6.07, 6.45) is 10.2. The van der Waals surface area contributed by atoms with Gasteiger partial charge in [-0.15, -0.1) is 0 Å². The fourth-order valence-corrected chi connectivity index (χ4v) is 3.04. The summed E-state index contributed by atoms with van der Waals surface area (Å²) < 4.78 is 1.05. The molecule has 2 aliphatic carbocycles. The van der Waals surface area contributed by atoms with Gasteiger partial charge in [-0.05, 0) is 12.8 Å². The van der Waals surface area contributed by atoms with Crippen molar-refractivity contribution in [3.63, 3.8) is 0 Å². The van der Waals surface area contributed by atoms with E-state index in [1.165, 1.54) is 0 Å². The summed E-state index contributed by atoms with van der Waals surface area (Å²) >= 11 is 0. The number of hydroxylamine groups is 3. The van der Waals surface area contributed by atoms with Crippen LogP contribution in [0.2, 0.25) is 0 Å². The molecule has 1 heterocycles. The number of hydrogen-bond acceptors (Lipinski definition) is 2. The van der Waals surface area contributed by atoms with Gasteiger partial charge in [0.1, 0.15) is 0 Å². The molecular formula is C12H16N2O2. The summed E-state index contributed by atoms with van der Waals surface area (Å²) in [5.41, 5.74) is 1.48. The summed E-state index contributed by atoms with van der Waals surface area (Å²) in [7, 11) is 0. The van der Waals surface area contributed by atoms with Gasteiger partial charge in [-0.1, -0.05) is 12.2 Å². The third-order valence-electron chi connectivity index (χ3n) is 3.89. The Morgan fingerprint density at radius 2 is 2.19 bits per heavy atom. The van der Waals surface area contributed by atoms with Gasteiger partial charge in [-0.2, -0.15) is 4.74 Å². The molecule has 3 rings (SSSR count). The molecule has 0 aromatic rings. The Morgan fingerprint density at radius 3 is 3.06 bits per heavy atom. The van der Waals surface area contributed by atoms with Crippen molar-refractivity contribution in [2.45, 2.75) is 44.2 Å². The molecule has 4 nitrogen and oxygen atoms in total. The van der Waals surface area contributed by atoms with Crippen LogP contribution < -0.4 is 5.06 Å². The standard InChI is InChI=1S/C12H16N2O2/c15-13-9-5-1-2-6-10(9)14(16)12-8-4-3-7-11(12)13/h1-2,5,10,12,14H,3-4,6-8H2. The molecule has 0 aromatic carbocycles. The highest BCUT2D eigenvalue weighted by Crippen LogP contribution is 2.22. The fraction of sp³-hybridized carbons (Fsp3) is 0.583. The van der Waals surface area contributed by atoms with E-state index >= 15 is 0 Å². The summed E-state index contributed by atoms with van der Waals surface area (Å²) in [6, 6.07) is -0.255. The van der Waals surface area contributed by atoms with E-state index in [4.69, 9.17) is 0 Å². The van der Waals surface area contributed by atoms with Crippen molar-refractivity contribution in [2.75, 3.05) is 0 Å². The van der Waals surface area contributed by atoms with Crippen LogP contribution in [0.5, 0.6) is 0 Å². The third kappa shape index (κ3) is 1.33. The molecular weight excluding hydrogens is 204 g/mol. The predicted molar refractivity (Wildman–Crippen MR) is 60.8 cm³/mol. The van der Waals surface area contributed by atoms with Crippen LogP contribution in [0.1, 0.15) is 32.1 Å². The molecule has 1 saturated carbocycles. The van der Waals surface area contributed by atoms with E-state index in [1.54, 1.807) is 6.08 Å². The average molecular weight is 220 g/mol. The zero-order valence-corrected chi connectivity index (χ0v) is 9.19. The van der Waals surface area contributed by atoms with Gasteiger partial charge in [0.05, 0.1) is 0 Å². The molecule has 1 N–H and O–H groups in total. The quantitative estimate of drug-likeness (QED) is 0.477. The third-order valence-corrected chi connectivity index (χ3v) is 3.89. The number of allylic oxidation sites excluding steroid dienone is 2. The average Bonchev–Trinajstić information content (AvgIpc) is 2.36. The summed E-state index contributed by atoms with van der Waals surface area (Å²) in [5, 5.41) is 24.7. The maximum absolute atomic E-state index is 12.3. The number of quaternary nitrogens is 1. The summed E-state index contributed by atoms with van der Waals surface area (Å²) in [4.78, 5) is 0. The zero-order chi connectivity index (χ0) is 11.1. The fourth-order valence-electron chi connectivity index (χ4n) is 3.04. The lowest BCUT2D eigenvalue weighted by molar-refractivity contribution is -0.901. The second-order valence-corrected chi connectivity index (χ2v) is 4.79. The maximum atomic E-state index is 12.3. The first-order chi connectivity index (χ1) is 7.79. The Morgan fingerprint density at radius 1 is 1.31 bits per heavy atom. The highest BCUT2D eigenvalue weighted by molar-refractivity contribution is 5.85. The second-order valence-electron chi connectivity index (χ2n) is 4.79. The highest BCUT2D eigenvalue weighted by Gasteiger charge is 2.44. The highest BCUT2D eigenvalue weighted by atomic mass is 16.5. The van der Waals surface area contributed by atoms with Crippen LogP contribution in [-0.2, 0) is 0 Å². The van der Waals surface area contributed by atoms with Gasteiger partial charge in [-0.3, -0.25) is 0 Å². The van der Waals surface area contributed by atoms with E-state index in [0.717, 1.165) is 36.1 Å². The van der Waals surface area contributed by atoms with E-state index in [0.29, 0.717) is 12.1 Å². The Kier molecular flexibility index (Phi) is 2.33. The normalized spacial score (nSPS) is 37.8. The van der Waals surface area contributed by atoms with Gasteiger partial charge in [0.15, 0.2) is 12.1 Å². The van der Waals surface area contributed by atoms with Crippen molar-refractivity contribution >= 4 is 5.71 Å². The molecule has 0 radical (unpaired) electrons. The smallest absolute Gasteiger partial charge is 0.251 e. The van der Waals surface area contributed by atoms with Crippen LogP contribution >= 0.6 is 0 Å². The van der Waals surface area contributed by atoms with Crippen molar-refractivity contribution in [1.82, 2.24) is 0 Å². The van der Waals surface area contributed by atoms with Crippen LogP contribution in [0.25, 0.3) is 0 Å². The molecule has 0 spiro atoms. The van der Waals surface area contributed by atoms with Crippen LogP contribution in [0.3, 0.4) is 0 Å². The van der Waals surface area contributed by atoms with Gasteiger partial charge < -0.3 is 15.5 Å². The second kappa shape index (κ2) is 3.71. The van der Waals surface area contributed by atoms with Crippen molar-refractivity contribution in [2.24, 2.45) is 0 Å². The molecule has 0 amide bonds. The SMILES string of the molecule is [O-][N+]1=C2CCCCC2[NH+]([O-])C2CC=CC=C21. The monoisotopic (exact) mass is 220 g/mol. The van der Waals surface area contributed by atoms with E-state index in [2.05, 4.69) is 0 Å². The minimum absolute atomic E-state index is 0.0834. The Bertz CT molecular complexity index is 398. The van der Waals surface area contributed by atoms with Gasteiger partial charge in [0.25, 0.3) is 5.70 Å².